The van der Waals surface area contributed by atoms with Crippen molar-refractivity contribution in [3.8, 4) is 0 Å². The first-order valence-electron chi connectivity index (χ1n) is 3.67. The van der Waals surface area contributed by atoms with Crippen molar-refractivity contribution >= 4 is 0 Å². The highest BCUT2D eigenvalue weighted by atomic mass is 16.3. The molecule has 2 nitrogen and oxygen atoms in total. The molecule has 0 aromatic rings. The Labute approximate surface area is 56.1 Å². The number of aliphatic hydroxyl groups is 1. The third-order valence-electron chi connectivity index (χ3n) is 2.24. The van der Waals surface area contributed by atoms with E-state index in [-0.39, 0.29) is 0 Å². The van der Waals surface area contributed by atoms with Crippen molar-refractivity contribution in [2.24, 2.45) is 17.6 Å². The Hall–Kier alpha value is -0.0800. The van der Waals surface area contributed by atoms with E-state index < -0.39 is 0 Å². The fourth-order valence-electron chi connectivity index (χ4n) is 1.56. The minimum Gasteiger partial charge on any atom is -0.396 e. The highest BCUT2D eigenvalue weighted by Gasteiger charge is 2.22. The van der Waals surface area contributed by atoms with E-state index in [4.69, 9.17) is 10.8 Å². The first-order chi connectivity index (χ1) is 4.36. The van der Waals surface area contributed by atoms with Gasteiger partial charge in [-0.25, -0.2) is 0 Å². The summed E-state index contributed by atoms with van der Waals surface area (Å²) >= 11 is 0. The zero-order valence-corrected chi connectivity index (χ0v) is 5.71. The SMILES string of the molecule is NC[C@H]1CCC(CO)C1. The molecule has 1 fully saturated rings. The summed E-state index contributed by atoms with van der Waals surface area (Å²) in [6.07, 6.45) is 3.55. The van der Waals surface area contributed by atoms with Gasteiger partial charge in [-0.1, -0.05) is 0 Å². The maximum Gasteiger partial charge on any atom is 0.0459 e. The average Bonchev–Trinajstić information content (AvgIpc) is 2.34. The Morgan fingerprint density at radius 1 is 1.33 bits per heavy atom. The monoisotopic (exact) mass is 129 g/mol. The van der Waals surface area contributed by atoms with Crippen molar-refractivity contribution in [2.45, 2.75) is 19.3 Å². The number of hydrogen-bond donors (Lipinski definition) is 2. The van der Waals surface area contributed by atoms with Gasteiger partial charge in [-0.15, -0.1) is 0 Å². The van der Waals surface area contributed by atoms with Crippen LogP contribution < -0.4 is 5.73 Å². The van der Waals surface area contributed by atoms with Crippen molar-refractivity contribution in [3.05, 3.63) is 0 Å². The van der Waals surface area contributed by atoms with Gasteiger partial charge in [0, 0.05) is 6.61 Å². The summed E-state index contributed by atoms with van der Waals surface area (Å²) in [4.78, 5) is 0. The fraction of sp³-hybridized carbons (Fsp3) is 1.00. The summed E-state index contributed by atoms with van der Waals surface area (Å²) < 4.78 is 0. The van der Waals surface area contributed by atoms with Crippen LogP contribution in [0.2, 0.25) is 0 Å². The van der Waals surface area contributed by atoms with Gasteiger partial charge in [0.1, 0.15) is 0 Å². The smallest absolute Gasteiger partial charge is 0.0459 e. The molecule has 0 aromatic carbocycles. The lowest BCUT2D eigenvalue weighted by Crippen LogP contribution is -2.11. The van der Waals surface area contributed by atoms with Gasteiger partial charge >= 0.3 is 0 Å². The lowest BCUT2D eigenvalue weighted by molar-refractivity contribution is 0.226. The number of nitrogens with two attached hydrogens (primary N) is 1. The summed E-state index contributed by atoms with van der Waals surface area (Å²) in [5, 5.41) is 8.74. The van der Waals surface area contributed by atoms with Crippen LogP contribution in [0.25, 0.3) is 0 Å². The van der Waals surface area contributed by atoms with E-state index in [1.807, 2.05) is 0 Å². The highest BCUT2D eigenvalue weighted by molar-refractivity contribution is 4.74. The van der Waals surface area contributed by atoms with Crippen LogP contribution in [0.15, 0.2) is 0 Å². The van der Waals surface area contributed by atoms with Crippen molar-refractivity contribution in [3.63, 3.8) is 0 Å². The Balaban J connectivity index is 2.20. The molecule has 0 spiro atoms. The molecular formula is C7H15NO. The first-order valence-corrected chi connectivity index (χ1v) is 3.67. The Morgan fingerprint density at radius 3 is 2.33 bits per heavy atom. The Morgan fingerprint density at radius 2 is 2.00 bits per heavy atom. The zero-order chi connectivity index (χ0) is 6.69. The summed E-state index contributed by atoms with van der Waals surface area (Å²) in [7, 11) is 0. The van der Waals surface area contributed by atoms with E-state index in [1.165, 1.54) is 12.8 Å². The molecule has 0 amide bonds. The molecule has 1 aliphatic carbocycles. The molecular weight excluding hydrogens is 114 g/mol. The van der Waals surface area contributed by atoms with Crippen molar-refractivity contribution in [1.82, 2.24) is 0 Å². The van der Waals surface area contributed by atoms with E-state index in [2.05, 4.69) is 0 Å². The van der Waals surface area contributed by atoms with Crippen LogP contribution in [0.1, 0.15) is 19.3 Å². The summed E-state index contributed by atoms with van der Waals surface area (Å²) in [5.74, 6) is 1.25. The molecule has 0 aliphatic heterocycles. The second-order valence-corrected chi connectivity index (χ2v) is 2.96. The normalized spacial score (nSPS) is 35.3. The lowest BCUT2D eigenvalue weighted by atomic mass is 10.1. The topological polar surface area (TPSA) is 46.2 Å². The maximum absolute atomic E-state index is 8.74. The van der Waals surface area contributed by atoms with E-state index in [9.17, 15) is 0 Å². The standard InChI is InChI=1S/C7H15NO/c8-4-6-1-2-7(3-6)5-9/h6-7,9H,1-5,8H2/t6-,7?/m0/s1. The van der Waals surface area contributed by atoms with Crippen LogP contribution in [0.4, 0.5) is 0 Å². The molecule has 0 heterocycles. The largest absolute Gasteiger partial charge is 0.396 e. The molecule has 1 saturated carbocycles. The van der Waals surface area contributed by atoms with Crippen LogP contribution in [-0.4, -0.2) is 18.3 Å². The summed E-state index contributed by atoms with van der Waals surface area (Å²) in [5.41, 5.74) is 5.47. The zero-order valence-electron chi connectivity index (χ0n) is 5.71. The van der Waals surface area contributed by atoms with Crippen LogP contribution in [0.3, 0.4) is 0 Å². The molecule has 1 aliphatic rings. The molecule has 0 saturated heterocycles. The quantitative estimate of drug-likeness (QED) is 0.565. The Kier molecular flexibility index (Phi) is 2.49. The second-order valence-electron chi connectivity index (χ2n) is 2.96. The van der Waals surface area contributed by atoms with Crippen molar-refractivity contribution in [2.75, 3.05) is 13.2 Å². The van der Waals surface area contributed by atoms with Crippen LogP contribution in [-0.2, 0) is 0 Å². The van der Waals surface area contributed by atoms with Crippen LogP contribution in [0.5, 0.6) is 0 Å². The van der Waals surface area contributed by atoms with Crippen LogP contribution in [0, 0.1) is 11.8 Å². The average molecular weight is 129 g/mol. The molecule has 9 heavy (non-hydrogen) atoms. The second kappa shape index (κ2) is 3.18. The van der Waals surface area contributed by atoms with Gasteiger partial charge in [0.25, 0.3) is 0 Å². The Bertz CT molecular complexity index is 75.0. The molecule has 2 atom stereocenters. The minimum absolute atomic E-state index is 0.358. The summed E-state index contributed by atoms with van der Waals surface area (Å²) in [6.45, 7) is 1.16. The molecule has 1 rings (SSSR count). The molecule has 0 bridgehead atoms. The van der Waals surface area contributed by atoms with E-state index in [1.54, 1.807) is 0 Å². The van der Waals surface area contributed by atoms with Gasteiger partial charge in [-0.05, 0) is 37.6 Å². The molecule has 1 unspecified atom stereocenters. The first kappa shape index (κ1) is 7.03. The predicted octanol–water partition coefficient (Wildman–Crippen LogP) is 0.354. The number of aliphatic hydroxyl groups excluding tert-OH is 1. The van der Waals surface area contributed by atoms with Gasteiger partial charge in [0.05, 0.1) is 0 Å². The van der Waals surface area contributed by atoms with Gasteiger partial charge in [-0.2, -0.15) is 0 Å². The number of rotatable bonds is 2. The third-order valence-corrected chi connectivity index (χ3v) is 2.24. The molecule has 54 valence electrons. The predicted molar refractivity (Wildman–Crippen MR) is 37.0 cm³/mol. The van der Waals surface area contributed by atoms with Gasteiger partial charge in [-0.3, -0.25) is 0 Å². The maximum atomic E-state index is 8.74. The van der Waals surface area contributed by atoms with E-state index in [0.29, 0.717) is 18.4 Å². The van der Waals surface area contributed by atoms with Crippen molar-refractivity contribution in [1.29, 1.82) is 0 Å². The van der Waals surface area contributed by atoms with E-state index >= 15 is 0 Å². The van der Waals surface area contributed by atoms with Gasteiger partial charge in [0.2, 0.25) is 0 Å². The third kappa shape index (κ3) is 1.66. The molecule has 2 heteroatoms. The van der Waals surface area contributed by atoms with E-state index in [0.717, 1.165) is 13.0 Å². The van der Waals surface area contributed by atoms with Crippen molar-refractivity contribution < 1.29 is 5.11 Å². The molecule has 0 radical (unpaired) electrons. The van der Waals surface area contributed by atoms with Crippen LogP contribution >= 0.6 is 0 Å². The van der Waals surface area contributed by atoms with Gasteiger partial charge in [0.15, 0.2) is 0 Å². The molecule has 3 N–H and O–H groups in total. The van der Waals surface area contributed by atoms with Gasteiger partial charge < -0.3 is 10.8 Å². The lowest BCUT2D eigenvalue weighted by Gasteiger charge is -2.04. The summed E-state index contributed by atoms with van der Waals surface area (Å²) in [6, 6.07) is 0. The molecule has 0 aromatic heterocycles. The number of hydrogen-bond acceptors (Lipinski definition) is 2. The minimum atomic E-state index is 0.358. The fourth-order valence-corrected chi connectivity index (χ4v) is 1.56. The highest BCUT2D eigenvalue weighted by Crippen LogP contribution is 2.29.